The van der Waals surface area contributed by atoms with E-state index in [0.29, 0.717) is 13.1 Å². The molecule has 0 aromatic carbocycles. The fourth-order valence-electron chi connectivity index (χ4n) is 1.61. The van der Waals surface area contributed by atoms with E-state index in [2.05, 4.69) is 9.80 Å². The number of carboxylic acid groups (broad SMARTS) is 1. The van der Waals surface area contributed by atoms with Crippen molar-refractivity contribution in [3.05, 3.63) is 0 Å². The van der Waals surface area contributed by atoms with E-state index in [-0.39, 0.29) is 13.1 Å². The van der Waals surface area contributed by atoms with E-state index < -0.39 is 5.97 Å². The maximum Gasteiger partial charge on any atom is 0.304 e. The quantitative estimate of drug-likeness (QED) is 0.687. The second-order valence-electron chi connectivity index (χ2n) is 3.52. The van der Waals surface area contributed by atoms with Crippen LogP contribution in [0.25, 0.3) is 0 Å². The lowest BCUT2D eigenvalue weighted by molar-refractivity contribution is -0.137. The van der Waals surface area contributed by atoms with Crippen molar-refractivity contribution in [2.45, 2.75) is 6.42 Å². The molecule has 1 N–H and O–H groups in total. The van der Waals surface area contributed by atoms with Gasteiger partial charge in [-0.1, -0.05) is 0 Å². The number of halogens is 1. The van der Waals surface area contributed by atoms with Gasteiger partial charge in [-0.05, 0) is 0 Å². The molecule has 0 radical (unpaired) electrons. The highest BCUT2D eigenvalue weighted by Gasteiger charge is 2.16. The monoisotopic (exact) mass is 204 g/mol. The van der Waals surface area contributed by atoms with Gasteiger partial charge in [0.2, 0.25) is 0 Å². The predicted molar refractivity (Wildman–Crippen MR) is 51.1 cm³/mol. The molecule has 0 aromatic heterocycles. The molecule has 1 heterocycles. The van der Waals surface area contributed by atoms with E-state index in [4.69, 9.17) is 5.11 Å². The third-order valence-corrected chi connectivity index (χ3v) is 2.51. The van der Waals surface area contributed by atoms with Gasteiger partial charge in [0, 0.05) is 39.3 Å². The zero-order valence-electron chi connectivity index (χ0n) is 8.28. The molecule has 5 heteroatoms. The van der Waals surface area contributed by atoms with Crippen molar-refractivity contribution in [1.82, 2.24) is 9.80 Å². The average molecular weight is 204 g/mol. The molecule has 1 saturated heterocycles. The van der Waals surface area contributed by atoms with Crippen molar-refractivity contribution in [3.63, 3.8) is 0 Å². The smallest absolute Gasteiger partial charge is 0.304 e. The number of piperazine rings is 1. The highest BCUT2D eigenvalue weighted by molar-refractivity contribution is 5.66. The van der Waals surface area contributed by atoms with Crippen LogP contribution in [-0.2, 0) is 4.79 Å². The van der Waals surface area contributed by atoms with Gasteiger partial charge in [0.15, 0.2) is 0 Å². The zero-order chi connectivity index (χ0) is 10.4. The number of hydrogen-bond donors (Lipinski definition) is 1. The van der Waals surface area contributed by atoms with Gasteiger partial charge in [-0.3, -0.25) is 9.69 Å². The predicted octanol–water partition coefficient (Wildman–Crippen LogP) is 0.0482. The lowest BCUT2D eigenvalue weighted by Gasteiger charge is -2.33. The van der Waals surface area contributed by atoms with Crippen LogP contribution in [0.4, 0.5) is 4.39 Å². The van der Waals surface area contributed by atoms with Crippen LogP contribution in [0.15, 0.2) is 0 Å². The summed E-state index contributed by atoms with van der Waals surface area (Å²) >= 11 is 0. The highest BCUT2D eigenvalue weighted by atomic mass is 19.1. The summed E-state index contributed by atoms with van der Waals surface area (Å²) in [6, 6.07) is 0. The van der Waals surface area contributed by atoms with Crippen LogP contribution in [0, 0.1) is 0 Å². The van der Waals surface area contributed by atoms with E-state index in [1.54, 1.807) is 0 Å². The molecule has 0 aromatic rings. The van der Waals surface area contributed by atoms with E-state index in [9.17, 15) is 9.18 Å². The maximum absolute atomic E-state index is 12.0. The van der Waals surface area contributed by atoms with Gasteiger partial charge >= 0.3 is 5.97 Å². The SMILES string of the molecule is O=C(O)CCN1CCN(CCF)CC1. The molecule has 82 valence electrons. The minimum Gasteiger partial charge on any atom is -0.481 e. The highest BCUT2D eigenvalue weighted by Crippen LogP contribution is 2.02. The van der Waals surface area contributed by atoms with Crippen molar-refractivity contribution in [2.75, 3.05) is 45.9 Å². The fourth-order valence-corrected chi connectivity index (χ4v) is 1.61. The first-order valence-corrected chi connectivity index (χ1v) is 4.95. The van der Waals surface area contributed by atoms with Gasteiger partial charge in [-0.25, -0.2) is 4.39 Å². The van der Waals surface area contributed by atoms with E-state index in [1.165, 1.54) is 0 Å². The molecule has 0 spiro atoms. The first kappa shape index (κ1) is 11.4. The summed E-state index contributed by atoms with van der Waals surface area (Å²) in [5.74, 6) is -0.754. The number of aliphatic carboxylic acids is 1. The lowest BCUT2D eigenvalue weighted by Crippen LogP contribution is -2.47. The standard InChI is InChI=1S/C9H17FN2O2/c10-2-4-12-7-5-11(6-8-12)3-1-9(13)14/h1-8H2,(H,13,14). The second-order valence-corrected chi connectivity index (χ2v) is 3.52. The number of carbonyl (C=O) groups is 1. The molecule has 0 bridgehead atoms. The van der Waals surface area contributed by atoms with Crippen LogP contribution in [-0.4, -0.2) is 66.8 Å². The van der Waals surface area contributed by atoms with Crippen LogP contribution in [0.3, 0.4) is 0 Å². The topological polar surface area (TPSA) is 43.8 Å². The molecule has 0 saturated carbocycles. The van der Waals surface area contributed by atoms with Crippen LogP contribution >= 0.6 is 0 Å². The molecule has 14 heavy (non-hydrogen) atoms. The first-order valence-electron chi connectivity index (χ1n) is 4.95. The summed E-state index contributed by atoms with van der Waals surface area (Å²) in [5, 5.41) is 8.49. The minimum absolute atomic E-state index is 0.198. The Kier molecular flexibility index (Phi) is 4.82. The number of rotatable bonds is 5. The van der Waals surface area contributed by atoms with Crippen LogP contribution in [0.1, 0.15) is 6.42 Å². The van der Waals surface area contributed by atoms with Crippen molar-refractivity contribution in [1.29, 1.82) is 0 Å². The molecular weight excluding hydrogens is 187 g/mol. The largest absolute Gasteiger partial charge is 0.481 e. The summed E-state index contributed by atoms with van der Waals surface area (Å²) in [6.45, 7) is 4.23. The van der Waals surface area contributed by atoms with E-state index in [0.717, 1.165) is 26.2 Å². The fraction of sp³-hybridized carbons (Fsp3) is 0.889. The van der Waals surface area contributed by atoms with Crippen LogP contribution in [0.2, 0.25) is 0 Å². The zero-order valence-corrected chi connectivity index (χ0v) is 8.28. The number of alkyl halides is 1. The van der Waals surface area contributed by atoms with Gasteiger partial charge in [0.1, 0.15) is 6.67 Å². The lowest BCUT2D eigenvalue weighted by atomic mass is 10.3. The minimum atomic E-state index is -0.754. The van der Waals surface area contributed by atoms with Gasteiger partial charge in [-0.15, -0.1) is 0 Å². The Balaban J connectivity index is 2.12. The van der Waals surface area contributed by atoms with Gasteiger partial charge in [-0.2, -0.15) is 0 Å². The molecule has 4 nitrogen and oxygen atoms in total. The Labute approximate surface area is 83.3 Å². The third kappa shape index (κ3) is 4.02. The average Bonchev–Trinajstić information content (AvgIpc) is 2.17. The second kappa shape index (κ2) is 5.93. The molecule has 0 aliphatic carbocycles. The summed E-state index contributed by atoms with van der Waals surface area (Å²) in [5.41, 5.74) is 0. The summed E-state index contributed by atoms with van der Waals surface area (Å²) < 4.78 is 12.0. The molecule has 0 atom stereocenters. The normalized spacial score (nSPS) is 19.8. The van der Waals surface area contributed by atoms with Gasteiger partial charge < -0.3 is 10.0 Å². The third-order valence-electron chi connectivity index (χ3n) is 2.51. The van der Waals surface area contributed by atoms with Gasteiger partial charge in [0.25, 0.3) is 0 Å². The Morgan fingerprint density at radius 2 is 1.64 bits per heavy atom. The van der Waals surface area contributed by atoms with Crippen molar-refractivity contribution in [3.8, 4) is 0 Å². The maximum atomic E-state index is 12.0. The summed E-state index contributed by atoms with van der Waals surface area (Å²) in [4.78, 5) is 14.5. The number of nitrogens with zero attached hydrogens (tertiary/aromatic N) is 2. The molecule has 1 fully saturated rings. The van der Waals surface area contributed by atoms with Crippen LogP contribution < -0.4 is 0 Å². The van der Waals surface area contributed by atoms with E-state index in [1.807, 2.05) is 0 Å². The van der Waals surface area contributed by atoms with Crippen molar-refractivity contribution in [2.24, 2.45) is 0 Å². The first-order chi connectivity index (χ1) is 6.72. The molecule has 0 amide bonds. The molecule has 1 aliphatic heterocycles. The molecule has 0 unspecified atom stereocenters. The molecule has 1 aliphatic rings. The summed E-state index contributed by atoms with van der Waals surface area (Å²) in [6.07, 6.45) is 0.198. The summed E-state index contributed by atoms with van der Waals surface area (Å²) in [7, 11) is 0. The number of carboxylic acids is 1. The Morgan fingerprint density at radius 1 is 1.14 bits per heavy atom. The number of hydrogen-bond acceptors (Lipinski definition) is 3. The molecule has 1 rings (SSSR count). The van der Waals surface area contributed by atoms with Gasteiger partial charge in [0.05, 0.1) is 6.42 Å². The Morgan fingerprint density at radius 3 is 2.07 bits per heavy atom. The van der Waals surface area contributed by atoms with Crippen molar-refractivity contribution >= 4 is 5.97 Å². The van der Waals surface area contributed by atoms with Crippen molar-refractivity contribution < 1.29 is 14.3 Å². The Hall–Kier alpha value is -0.680. The van der Waals surface area contributed by atoms with E-state index >= 15 is 0 Å². The Bertz CT molecular complexity index is 182. The molecular formula is C9H17FN2O2. The van der Waals surface area contributed by atoms with Crippen LogP contribution in [0.5, 0.6) is 0 Å².